The molecule has 0 saturated carbocycles. The van der Waals surface area contributed by atoms with Crippen LogP contribution in [0.15, 0.2) is 0 Å². The number of hydrogen-bond donors (Lipinski definition) is 4. The third kappa shape index (κ3) is 10.5. The number of carbonyl (C=O) groups excluding carboxylic acids is 3. The Labute approximate surface area is 100 Å². The monoisotopic (exact) mass is 244 g/mol. The van der Waals surface area contributed by atoms with Crippen LogP contribution in [0, 0.1) is 0 Å². The van der Waals surface area contributed by atoms with E-state index in [4.69, 9.17) is 5.73 Å². The molecule has 5 N–H and O–H groups in total. The van der Waals surface area contributed by atoms with E-state index < -0.39 is 5.91 Å². The SMILES string of the molecule is CC(C)(C)NC(=O)NCCC(=O)NCC(N)=O. The van der Waals surface area contributed by atoms with Crippen LogP contribution in [0.4, 0.5) is 4.79 Å². The summed E-state index contributed by atoms with van der Waals surface area (Å²) in [4.78, 5) is 32.8. The Bertz CT molecular complexity index is 296. The second kappa shape index (κ2) is 6.72. The number of amides is 4. The third-order valence-electron chi connectivity index (χ3n) is 1.59. The van der Waals surface area contributed by atoms with Crippen molar-refractivity contribution in [1.82, 2.24) is 16.0 Å². The molecule has 0 rings (SSSR count). The van der Waals surface area contributed by atoms with Gasteiger partial charge in [0.15, 0.2) is 0 Å². The molecule has 7 nitrogen and oxygen atoms in total. The van der Waals surface area contributed by atoms with Crippen molar-refractivity contribution in [2.45, 2.75) is 32.7 Å². The molecule has 4 amide bonds. The van der Waals surface area contributed by atoms with E-state index in [1.54, 1.807) is 0 Å². The standard InChI is InChI=1S/C10H20N4O3/c1-10(2,3)14-9(17)12-5-4-8(16)13-6-7(11)15/h4-6H2,1-3H3,(H2,11,15)(H,13,16)(H2,12,14,17). The van der Waals surface area contributed by atoms with Crippen LogP contribution in [0.2, 0.25) is 0 Å². The van der Waals surface area contributed by atoms with Crippen molar-refractivity contribution in [3.05, 3.63) is 0 Å². The lowest BCUT2D eigenvalue weighted by Crippen LogP contribution is -2.47. The highest BCUT2D eigenvalue weighted by Crippen LogP contribution is 1.97. The van der Waals surface area contributed by atoms with Crippen LogP contribution in [0.1, 0.15) is 27.2 Å². The van der Waals surface area contributed by atoms with Crippen molar-refractivity contribution in [2.24, 2.45) is 5.73 Å². The molecule has 0 aromatic rings. The fraction of sp³-hybridized carbons (Fsp3) is 0.700. The summed E-state index contributed by atoms with van der Waals surface area (Å²) < 4.78 is 0. The fourth-order valence-electron chi connectivity index (χ4n) is 0.948. The Morgan fingerprint density at radius 2 is 1.71 bits per heavy atom. The maximum atomic E-state index is 11.3. The molecule has 0 aliphatic carbocycles. The van der Waals surface area contributed by atoms with Crippen LogP contribution in [-0.4, -0.2) is 36.5 Å². The molecule has 17 heavy (non-hydrogen) atoms. The zero-order valence-electron chi connectivity index (χ0n) is 10.4. The highest BCUT2D eigenvalue weighted by molar-refractivity contribution is 5.84. The molecule has 7 heteroatoms. The molecule has 0 fully saturated rings. The molecule has 0 aromatic carbocycles. The van der Waals surface area contributed by atoms with Gasteiger partial charge in [0, 0.05) is 18.5 Å². The Morgan fingerprint density at radius 3 is 2.18 bits per heavy atom. The second-order valence-electron chi connectivity index (χ2n) is 4.62. The molecular formula is C10H20N4O3. The Hall–Kier alpha value is -1.79. The minimum atomic E-state index is -0.600. The van der Waals surface area contributed by atoms with Crippen molar-refractivity contribution in [3.63, 3.8) is 0 Å². The highest BCUT2D eigenvalue weighted by atomic mass is 16.2. The maximum Gasteiger partial charge on any atom is 0.315 e. The van der Waals surface area contributed by atoms with Gasteiger partial charge in [0.05, 0.1) is 6.54 Å². The number of nitrogens with two attached hydrogens (primary N) is 1. The Balaban J connectivity index is 3.66. The van der Waals surface area contributed by atoms with Crippen molar-refractivity contribution in [3.8, 4) is 0 Å². The predicted octanol–water partition coefficient (Wildman–Crippen LogP) is -0.924. The summed E-state index contributed by atoms with van der Waals surface area (Å²) >= 11 is 0. The lowest BCUT2D eigenvalue weighted by Gasteiger charge is -2.20. The minimum absolute atomic E-state index is 0.102. The highest BCUT2D eigenvalue weighted by Gasteiger charge is 2.13. The number of primary amides is 1. The zero-order valence-corrected chi connectivity index (χ0v) is 10.4. The van der Waals surface area contributed by atoms with E-state index in [0.717, 1.165) is 0 Å². The largest absolute Gasteiger partial charge is 0.368 e. The lowest BCUT2D eigenvalue weighted by atomic mass is 10.1. The number of hydrogen-bond acceptors (Lipinski definition) is 3. The third-order valence-corrected chi connectivity index (χ3v) is 1.59. The first-order valence-corrected chi connectivity index (χ1v) is 5.32. The van der Waals surface area contributed by atoms with Crippen molar-refractivity contribution in [2.75, 3.05) is 13.1 Å². The molecule has 98 valence electrons. The first-order valence-electron chi connectivity index (χ1n) is 5.32. The molecule has 0 bridgehead atoms. The van der Waals surface area contributed by atoms with Crippen molar-refractivity contribution >= 4 is 17.8 Å². The van der Waals surface area contributed by atoms with E-state index in [0.29, 0.717) is 0 Å². The molecule has 0 unspecified atom stereocenters. The summed E-state index contributed by atoms with van der Waals surface area (Å²) in [7, 11) is 0. The van der Waals surface area contributed by atoms with Gasteiger partial charge in [-0.2, -0.15) is 0 Å². The van der Waals surface area contributed by atoms with E-state index in [1.807, 2.05) is 20.8 Å². The summed E-state index contributed by atoms with van der Waals surface area (Å²) in [5, 5.41) is 7.54. The van der Waals surface area contributed by atoms with Gasteiger partial charge in [-0.3, -0.25) is 9.59 Å². The zero-order chi connectivity index (χ0) is 13.5. The van der Waals surface area contributed by atoms with Gasteiger partial charge in [0.2, 0.25) is 11.8 Å². The Morgan fingerprint density at radius 1 is 1.12 bits per heavy atom. The van der Waals surface area contributed by atoms with Gasteiger partial charge in [0.25, 0.3) is 0 Å². The Kier molecular flexibility index (Phi) is 6.01. The van der Waals surface area contributed by atoms with Crippen LogP contribution in [-0.2, 0) is 9.59 Å². The van der Waals surface area contributed by atoms with Crippen LogP contribution in [0.25, 0.3) is 0 Å². The van der Waals surface area contributed by atoms with E-state index in [1.165, 1.54) is 0 Å². The van der Waals surface area contributed by atoms with Crippen LogP contribution < -0.4 is 21.7 Å². The normalized spacial score (nSPS) is 10.5. The average molecular weight is 244 g/mol. The topological polar surface area (TPSA) is 113 Å². The smallest absolute Gasteiger partial charge is 0.315 e. The summed E-state index contributed by atoms with van der Waals surface area (Å²) in [6, 6.07) is -0.333. The van der Waals surface area contributed by atoms with E-state index in [9.17, 15) is 14.4 Å². The minimum Gasteiger partial charge on any atom is -0.368 e. The predicted molar refractivity (Wildman–Crippen MR) is 63.1 cm³/mol. The number of nitrogens with one attached hydrogen (secondary N) is 3. The van der Waals surface area contributed by atoms with Gasteiger partial charge in [-0.15, -0.1) is 0 Å². The number of carbonyl (C=O) groups is 3. The second-order valence-corrected chi connectivity index (χ2v) is 4.62. The fourth-order valence-corrected chi connectivity index (χ4v) is 0.948. The summed E-state index contributed by atoms with van der Waals surface area (Å²) in [6.45, 7) is 5.57. The summed E-state index contributed by atoms with van der Waals surface area (Å²) in [5.74, 6) is -0.934. The average Bonchev–Trinajstić information content (AvgIpc) is 2.11. The van der Waals surface area contributed by atoms with Crippen molar-refractivity contribution in [1.29, 1.82) is 0 Å². The van der Waals surface area contributed by atoms with Gasteiger partial charge in [-0.25, -0.2) is 4.79 Å². The molecule has 0 atom stereocenters. The van der Waals surface area contributed by atoms with Gasteiger partial charge >= 0.3 is 6.03 Å². The lowest BCUT2D eigenvalue weighted by molar-refractivity contribution is -0.124. The first kappa shape index (κ1) is 15.2. The molecule has 0 heterocycles. The summed E-state index contributed by atoms with van der Waals surface area (Å²) in [6.07, 6.45) is 0.102. The molecule has 0 radical (unpaired) electrons. The van der Waals surface area contributed by atoms with Crippen LogP contribution in [0.3, 0.4) is 0 Å². The molecule has 0 aromatic heterocycles. The van der Waals surface area contributed by atoms with Gasteiger partial charge < -0.3 is 21.7 Å². The first-order chi connectivity index (χ1) is 7.70. The maximum absolute atomic E-state index is 11.3. The van der Waals surface area contributed by atoms with E-state index in [-0.39, 0.29) is 37.0 Å². The molecule has 0 spiro atoms. The van der Waals surface area contributed by atoms with Crippen LogP contribution in [0.5, 0.6) is 0 Å². The van der Waals surface area contributed by atoms with Crippen molar-refractivity contribution < 1.29 is 14.4 Å². The molecule has 0 aliphatic rings. The summed E-state index contributed by atoms with van der Waals surface area (Å²) in [5.41, 5.74) is 4.53. The van der Waals surface area contributed by atoms with Gasteiger partial charge in [0.1, 0.15) is 0 Å². The molecule has 0 saturated heterocycles. The molecular weight excluding hydrogens is 224 g/mol. The van der Waals surface area contributed by atoms with Gasteiger partial charge in [-0.1, -0.05) is 0 Å². The number of urea groups is 1. The van der Waals surface area contributed by atoms with Crippen LogP contribution >= 0.6 is 0 Å². The quantitative estimate of drug-likeness (QED) is 0.501. The molecule has 0 aliphatic heterocycles. The van der Waals surface area contributed by atoms with E-state index in [2.05, 4.69) is 16.0 Å². The van der Waals surface area contributed by atoms with Gasteiger partial charge in [-0.05, 0) is 20.8 Å². The number of rotatable bonds is 5. The van der Waals surface area contributed by atoms with E-state index >= 15 is 0 Å².